The van der Waals surface area contributed by atoms with E-state index in [4.69, 9.17) is 19.6 Å². The van der Waals surface area contributed by atoms with Gasteiger partial charge in [0.05, 0.1) is 12.2 Å². The van der Waals surface area contributed by atoms with Gasteiger partial charge in [-0.25, -0.2) is 32.7 Å². The second-order valence-electron chi connectivity index (χ2n) is 8.97. The normalized spacial score (nSPS) is 26.0. The number of aliphatic imine (C=N–C) groups is 1. The third kappa shape index (κ3) is 5.89. The Balaban J connectivity index is 1.73. The topological polar surface area (TPSA) is 113 Å². The van der Waals surface area contributed by atoms with Gasteiger partial charge in [0.1, 0.15) is 36.4 Å². The Morgan fingerprint density at radius 2 is 1.92 bits per heavy atom. The fourth-order valence-electron chi connectivity index (χ4n) is 4.61. The fourth-order valence-corrected chi connectivity index (χ4v) is 5.19. The number of nitrogens with zero attached hydrogens (tertiary/aromatic N) is 3. The highest BCUT2D eigenvalue weighted by Crippen LogP contribution is 2.39. The predicted molar refractivity (Wildman–Crippen MR) is 133 cm³/mol. The van der Waals surface area contributed by atoms with Gasteiger partial charge in [-0.05, 0) is 31.5 Å². The average Bonchev–Trinajstić information content (AvgIpc) is 3.39. The van der Waals surface area contributed by atoms with E-state index in [9.17, 15) is 22.8 Å². The summed E-state index contributed by atoms with van der Waals surface area (Å²) in [4.78, 5) is 34.7. The number of ether oxygens (including phenoxy) is 2. The van der Waals surface area contributed by atoms with Gasteiger partial charge in [-0.1, -0.05) is 12.1 Å². The number of aromatic nitrogens is 1. The number of amidine groups is 1. The fraction of sp³-hybridized carbons (Fsp3) is 0.440. The standard InChI is InChI=1S/C25H27F3N4O5S/c1-3-36-24(35)20-18(12-32-10-16(27)21(17(28)11-32)37-13-19(33)34)30-22(23-29-8-9-38-23)31-25(20,2)14-4-6-15(26)7-5-14/h4-9,16-17,21H,3,10-13H2,1-2H3,(H,30,31)(H,33,34)/t16?,17?,21?,25-/m0/s1. The van der Waals surface area contributed by atoms with E-state index >= 15 is 0 Å². The lowest BCUT2D eigenvalue weighted by molar-refractivity contribution is -0.151. The van der Waals surface area contributed by atoms with Crippen LogP contribution in [0.3, 0.4) is 0 Å². The van der Waals surface area contributed by atoms with Crippen molar-refractivity contribution in [3.63, 3.8) is 0 Å². The lowest BCUT2D eigenvalue weighted by Crippen LogP contribution is -2.55. The quantitative estimate of drug-likeness (QED) is 0.457. The summed E-state index contributed by atoms with van der Waals surface area (Å²) in [6, 6.07) is 5.54. The molecule has 204 valence electrons. The molecule has 2 aromatic rings. The van der Waals surface area contributed by atoms with E-state index in [-0.39, 0.29) is 31.8 Å². The first-order chi connectivity index (χ1) is 18.1. The Kier molecular flexibility index (Phi) is 8.48. The maximum Gasteiger partial charge on any atom is 0.338 e. The summed E-state index contributed by atoms with van der Waals surface area (Å²) in [6.07, 6.45) is -3.53. The summed E-state index contributed by atoms with van der Waals surface area (Å²) in [6.45, 7) is 1.99. The van der Waals surface area contributed by atoms with Gasteiger partial charge in [-0.15, -0.1) is 11.3 Å². The smallest absolute Gasteiger partial charge is 0.338 e. The van der Waals surface area contributed by atoms with Crippen molar-refractivity contribution in [2.45, 2.75) is 37.8 Å². The van der Waals surface area contributed by atoms with E-state index in [0.717, 1.165) is 0 Å². The Hall–Kier alpha value is -3.29. The first-order valence-electron chi connectivity index (χ1n) is 11.9. The van der Waals surface area contributed by atoms with E-state index in [1.807, 2.05) is 0 Å². The molecule has 0 aliphatic carbocycles. The molecule has 0 spiro atoms. The van der Waals surface area contributed by atoms with Crippen molar-refractivity contribution in [1.29, 1.82) is 0 Å². The molecule has 0 radical (unpaired) electrons. The minimum Gasteiger partial charge on any atom is -0.480 e. The molecule has 3 heterocycles. The molecule has 1 aromatic carbocycles. The van der Waals surface area contributed by atoms with Gasteiger partial charge in [0, 0.05) is 36.9 Å². The summed E-state index contributed by atoms with van der Waals surface area (Å²) >= 11 is 1.30. The molecule has 0 bridgehead atoms. The van der Waals surface area contributed by atoms with Crippen LogP contribution < -0.4 is 5.32 Å². The highest BCUT2D eigenvalue weighted by Gasteiger charge is 2.44. The minimum absolute atomic E-state index is 0.0730. The highest BCUT2D eigenvalue weighted by molar-refractivity contribution is 7.11. The molecular weight excluding hydrogens is 525 g/mol. The van der Waals surface area contributed by atoms with E-state index in [2.05, 4.69) is 10.3 Å². The van der Waals surface area contributed by atoms with Gasteiger partial charge < -0.3 is 19.9 Å². The molecule has 2 aliphatic rings. The number of carbonyl (C=O) groups excluding carboxylic acids is 1. The molecule has 0 amide bonds. The maximum atomic E-state index is 14.9. The molecule has 1 saturated heterocycles. The van der Waals surface area contributed by atoms with Crippen LogP contribution in [-0.2, 0) is 24.6 Å². The number of carboxylic acid groups (broad SMARTS) is 1. The molecule has 38 heavy (non-hydrogen) atoms. The Labute approximate surface area is 221 Å². The van der Waals surface area contributed by atoms with Crippen LogP contribution in [-0.4, -0.2) is 84.1 Å². The van der Waals surface area contributed by atoms with E-state index in [0.29, 0.717) is 22.1 Å². The third-order valence-corrected chi connectivity index (χ3v) is 7.05. The summed E-state index contributed by atoms with van der Waals surface area (Å²) in [7, 11) is 0. The van der Waals surface area contributed by atoms with Crippen LogP contribution in [0.1, 0.15) is 24.4 Å². The Bertz CT molecular complexity index is 1210. The molecule has 1 fully saturated rings. The summed E-state index contributed by atoms with van der Waals surface area (Å²) in [5.74, 6) is -2.13. The first kappa shape index (κ1) is 27.7. The van der Waals surface area contributed by atoms with Crippen molar-refractivity contribution in [2.24, 2.45) is 4.99 Å². The number of rotatable bonds is 9. The molecule has 13 heteroatoms. The lowest BCUT2D eigenvalue weighted by atomic mass is 9.82. The van der Waals surface area contributed by atoms with Crippen LogP contribution in [0.15, 0.2) is 52.1 Å². The minimum atomic E-state index is -1.80. The van der Waals surface area contributed by atoms with Crippen LogP contribution in [0.5, 0.6) is 0 Å². The summed E-state index contributed by atoms with van der Waals surface area (Å²) < 4.78 is 53.8. The number of aliphatic carboxylic acids is 1. The number of alkyl halides is 2. The molecule has 3 atom stereocenters. The predicted octanol–water partition coefficient (Wildman–Crippen LogP) is 2.83. The van der Waals surface area contributed by atoms with E-state index < -0.39 is 48.3 Å². The van der Waals surface area contributed by atoms with Crippen LogP contribution in [0.2, 0.25) is 0 Å². The number of carbonyl (C=O) groups is 2. The number of hydrogen-bond acceptors (Lipinski definition) is 9. The van der Waals surface area contributed by atoms with Crippen molar-refractivity contribution < 1.29 is 37.3 Å². The second kappa shape index (κ2) is 11.6. The van der Waals surface area contributed by atoms with Crippen LogP contribution >= 0.6 is 11.3 Å². The first-order valence-corrected chi connectivity index (χ1v) is 12.8. The Morgan fingerprint density at radius 3 is 2.50 bits per heavy atom. The number of esters is 1. The number of thiazole rings is 1. The van der Waals surface area contributed by atoms with Crippen molar-refractivity contribution in [1.82, 2.24) is 15.2 Å². The maximum absolute atomic E-state index is 14.9. The Morgan fingerprint density at radius 1 is 1.24 bits per heavy atom. The zero-order valence-corrected chi connectivity index (χ0v) is 21.5. The van der Waals surface area contributed by atoms with Gasteiger partial charge in [-0.3, -0.25) is 4.90 Å². The molecule has 4 rings (SSSR count). The van der Waals surface area contributed by atoms with Crippen molar-refractivity contribution in [3.05, 3.63) is 63.5 Å². The van der Waals surface area contributed by atoms with Gasteiger partial charge in [0.15, 0.2) is 10.8 Å². The average molecular weight is 553 g/mol. The summed E-state index contributed by atoms with van der Waals surface area (Å²) in [5, 5.41) is 14.2. The molecule has 0 saturated carbocycles. The van der Waals surface area contributed by atoms with Crippen molar-refractivity contribution in [2.75, 3.05) is 32.8 Å². The number of benzene rings is 1. The number of hydrogen-bond donors (Lipinski definition) is 2. The number of carboxylic acids is 1. The molecule has 9 nitrogen and oxygen atoms in total. The molecule has 1 aromatic heterocycles. The van der Waals surface area contributed by atoms with Gasteiger partial charge in [-0.2, -0.15) is 0 Å². The van der Waals surface area contributed by atoms with E-state index in [1.165, 1.54) is 40.5 Å². The molecule has 2 aliphatic heterocycles. The number of piperidine rings is 1. The van der Waals surface area contributed by atoms with Crippen LogP contribution in [0.25, 0.3) is 0 Å². The number of halogens is 3. The third-order valence-electron chi connectivity index (χ3n) is 6.27. The van der Waals surface area contributed by atoms with Gasteiger partial charge in [0.2, 0.25) is 0 Å². The van der Waals surface area contributed by atoms with Crippen LogP contribution in [0, 0.1) is 5.82 Å². The monoisotopic (exact) mass is 552 g/mol. The van der Waals surface area contributed by atoms with Crippen molar-refractivity contribution >= 4 is 29.1 Å². The second-order valence-corrected chi connectivity index (χ2v) is 9.87. The number of likely N-dealkylation sites (tertiary alicyclic amines) is 1. The SMILES string of the molecule is CCOC(=O)C1=C(CN2CC(F)C(OCC(=O)O)C(F)C2)NC(c2nccs2)=N[C@@]1(C)c1ccc(F)cc1. The van der Waals surface area contributed by atoms with Gasteiger partial charge >= 0.3 is 11.9 Å². The van der Waals surface area contributed by atoms with E-state index in [1.54, 1.807) is 25.4 Å². The highest BCUT2D eigenvalue weighted by atomic mass is 32.1. The zero-order chi connectivity index (χ0) is 27.4. The molecule has 2 unspecified atom stereocenters. The summed E-state index contributed by atoms with van der Waals surface area (Å²) in [5.41, 5.74) is -0.419. The lowest BCUT2D eigenvalue weighted by Gasteiger charge is -2.39. The largest absolute Gasteiger partial charge is 0.480 e. The molecular formula is C25H27F3N4O5S. The van der Waals surface area contributed by atoms with Crippen LogP contribution in [0.4, 0.5) is 13.2 Å². The van der Waals surface area contributed by atoms with Gasteiger partial charge in [0.25, 0.3) is 0 Å². The zero-order valence-electron chi connectivity index (χ0n) is 20.7. The molecule has 2 N–H and O–H groups in total. The number of nitrogens with one attached hydrogen (secondary N) is 1. The van der Waals surface area contributed by atoms with Crippen molar-refractivity contribution in [3.8, 4) is 0 Å².